The molecule has 3 atom stereocenters. The van der Waals surface area contributed by atoms with E-state index in [9.17, 15) is 14.4 Å². The Bertz CT molecular complexity index is 1080. The molecule has 8 nitrogen and oxygen atoms in total. The Morgan fingerprint density at radius 3 is 2.53 bits per heavy atom. The summed E-state index contributed by atoms with van der Waals surface area (Å²) in [5.41, 5.74) is 2.05. The first-order valence-corrected chi connectivity index (χ1v) is 13.9. The number of para-hydroxylation sites is 1. The minimum atomic E-state index is -0.721. The van der Waals surface area contributed by atoms with Crippen molar-refractivity contribution in [2.45, 2.75) is 70.0 Å². The fourth-order valence-corrected chi connectivity index (χ4v) is 5.29. The van der Waals surface area contributed by atoms with Crippen molar-refractivity contribution in [2.75, 3.05) is 26.2 Å². The molecule has 38 heavy (non-hydrogen) atoms. The van der Waals surface area contributed by atoms with Gasteiger partial charge in [-0.25, -0.2) is 0 Å². The Kier molecular flexibility index (Phi) is 10.1. The standard InChI is InChI=1S/C30H40N4O4/c1-2-10-24-30(37)34-19-9-15-26(34)29(36)33-25(21-22-11-4-3-5-12-22)28(35)32-17-8-14-23-13-6-7-16-27(23)38-20-18-31-24/h3-7,11-13,16,24-26,31H,2,8-10,14-15,17-21H2,1H3,(H,32,35)(H,33,36)/t24-,25+,26?/m0/s1. The monoisotopic (exact) mass is 520 g/mol. The van der Waals surface area contributed by atoms with Crippen LogP contribution in [0.2, 0.25) is 0 Å². The number of carbonyl (C=O) groups is 3. The number of hydrogen-bond acceptors (Lipinski definition) is 5. The average Bonchev–Trinajstić information content (AvgIpc) is 3.43. The van der Waals surface area contributed by atoms with Gasteiger partial charge < -0.3 is 25.6 Å². The molecule has 0 aromatic heterocycles. The van der Waals surface area contributed by atoms with E-state index in [2.05, 4.69) is 16.0 Å². The van der Waals surface area contributed by atoms with Crippen LogP contribution in [0.4, 0.5) is 0 Å². The highest BCUT2D eigenvalue weighted by molar-refractivity contribution is 5.93. The van der Waals surface area contributed by atoms with Gasteiger partial charge in [0.05, 0.1) is 6.04 Å². The van der Waals surface area contributed by atoms with Gasteiger partial charge in [0.25, 0.3) is 0 Å². The lowest BCUT2D eigenvalue weighted by Crippen LogP contribution is -2.56. The van der Waals surface area contributed by atoms with Crippen molar-refractivity contribution >= 4 is 17.7 Å². The van der Waals surface area contributed by atoms with Crippen LogP contribution in [0.25, 0.3) is 0 Å². The molecule has 1 fully saturated rings. The number of hydrogen-bond donors (Lipinski definition) is 3. The lowest BCUT2D eigenvalue weighted by atomic mass is 10.0. The second kappa shape index (κ2) is 14.0. The molecule has 1 unspecified atom stereocenters. The summed E-state index contributed by atoms with van der Waals surface area (Å²) in [5.74, 6) is 0.291. The van der Waals surface area contributed by atoms with Gasteiger partial charge in [0.1, 0.15) is 24.4 Å². The fraction of sp³-hybridized carbons (Fsp3) is 0.500. The Hall–Kier alpha value is -3.39. The van der Waals surface area contributed by atoms with E-state index in [4.69, 9.17) is 4.74 Å². The SMILES string of the molecule is CCC[C@@H]1NCCOc2ccccc2CCCNC(=O)[C@@H](Cc2ccccc2)NC(=O)C2CCCN2C1=O. The number of aryl methyl sites for hydroxylation is 1. The van der Waals surface area contributed by atoms with Gasteiger partial charge in [-0.15, -0.1) is 0 Å². The zero-order valence-corrected chi connectivity index (χ0v) is 22.3. The normalized spacial score (nSPS) is 23.8. The molecule has 0 aliphatic carbocycles. The Morgan fingerprint density at radius 2 is 1.71 bits per heavy atom. The Morgan fingerprint density at radius 1 is 0.921 bits per heavy atom. The van der Waals surface area contributed by atoms with Crippen LogP contribution in [0.1, 0.15) is 50.2 Å². The van der Waals surface area contributed by atoms with E-state index in [1.165, 1.54) is 0 Å². The van der Waals surface area contributed by atoms with Crippen molar-refractivity contribution in [3.63, 3.8) is 0 Å². The number of rotatable bonds is 4. The summed E-state index contributed by atoms with van der Waals surface area (Å²) in [6.07, 6.45) is 4.77. The lowest BCUT2D eigenvalue weighted by molar-refractivity contribution is -0.141. The molecule has 4 rings (SSSR count). The van der Waals surface area contributed by atoms with E-state index in [-0.39, 0.29) is 23.8 Å². The highest BCUT2D eigenvalue weighted by atomic mass is 16.5. The number of amides is 3. The highest BCUT2D eigenvalue weighted by Crippen LogP contribution is 2.21. The van der Waals surface area contributed by atoms with E-state index >= 15 is 0 Å². The number of nitrogens with zero attached hydrogens (tertiary/aromatic N) is 1. The largest absolute Gasteiger partial charge is 0.492 e. The van der Waals surface area contributed by atoms with Gasteiger partial charge >= 0.3 is 0 Å². The molecule has 0 saturated carbocycles. The van der Waals surface area contributed by atoms with E-state index in [0.717, 1.165) is 42.6 Å². The van der Waals surface area contributed by atoms with Crippen LogP contribution in [0, 0.1) is 0 Å². The van der Waals surface area contributed by atoms with Crippen LogP contribution in [0.15, 0.2) is 54.6 Å². The average molecular weight is 521 g/mol. The zero-order chi connectivity index (χ0) is 26.7. The molecule has 2 aliphatic heterocycles. The van der Waals surface area contributed by atoms with Crippen LogP contribution in [-0.2, 0) is 27.2 Å². The van der Waals surface area contributed by atoms with Gasteiger partial charge in [0.2, 0.25) is 17.7 Å². The maximum atomic E-state index is 13.6. The molecule has 0 bridgehead atoms. The van der Waals surface area contributed by atoms with E-state index < -0.39 is 12.1 Å². The summed E-state index contributed by atoms with van der Waals surface area (Å²) >= 11 is 0. The van der Waals surface area contributed by atoms with E-state index in [0.29, 0.717) is 45.5 Å². The molecule has 2 aromatic rings. The van der Waals surface area contributed by atoms with Gasteiger partial charge in [-0.3, -0.25) is 14.4 Å². The first-order chi connectivity index (χ1) is 18.6. The van der Waals surface area contributed by atoms with Crippen molar-refractivity contribution < 1.29 is 19.1 Å². The fourth-order valence-electron chi connectivity index (χ4n) is 5.29. The predicted molar refractivity (Wildman–Crippen MR) is 147 cm³/mol. The van der Waals surface area contributed by atoms with Gasteiger partial charge in [-0.1, -0.05) is 61.9 Å². The summed E-state index contributed by atoms with van der Waals surface area (Å²) in [5, 5.41) is 9.37. The molecule has 1 saturated heterocycles. The van der Waals surface area contributed by atoms with Crippen LogP contribution in [-0.4, -0.2) is 67.0 Å². The molecular weight excluding hydrogens is 480 g/mol. The van der Waals surface area contributed by atoms with E-state index in [1.54, 1.807) is 4.90 Å². The quantitative estimate of drug-likeness (QED) is 0.576. The first-order valence-electron chi connectivity index (χ1n) is 13.9. The summed E-state index contributed by atoms with van der Waals surface area (Å²) in [6, 6.07) is 15.9. The molecule has 2 heterocycles. The van der Waals surface area contributed by atoms with Crippen molar-refractivity contribution in [1.82, 2.24) is 20.9 Å². The Balaban J connectivity index is 1.56. The van der Waals surface area contributed by atoms with Crippen molar-refractivity contribution in [1.29, 1.82) is 0 Å². The number of fused-ring (bicyclic) bond motifs is 2. The summed E-state index contributed by atoms with van der Waals surface area (Å²) in [4.78, 5) is 42.0. The predicted octanol–water partition coefficient (Wildman–Crippen LogP) is 2.60. The van der Waals surface area contributed by atoms with Crippen LogP contribution >= 0.6 is 0 Å². The smallest absolute Gasteiger partial charge is 0.243 e. The Labute approximate surface area is 225 Å². The van der Waals surface area contributed by atoms with Gasteiger partial charge in [0, 0.05) is 26.1 Å². The topological polar surface area (TPSA) is 99.8 Å². The van der Waals surface area contributed by atoms with Crippen LogP contribution < -0.4 is 20.7 Å². The third kappa shape index (κ3) is 7.34. The van der Waals surface area contributed by atoms with Gasteiger partial charge in [-0.05, 0) is 49.3 Å². The third-order valence-electron chi connectivity index (χ3n) is 7.27. The van der Waals surface area contributed by atoms with Crippen LogP contribution in [0.3, 0.4) is 0 Å². The van der Waals surface area contributed by atoms with Crippen molar-refractivity contribution in [2.24, 2.45) is 0 Å². The second-order valence-electron chi connectivity index (χ2n) is 10.1. The maximum absolute atomic E-state index is 13.6. The number of ether oxygens (including phenoxy) is 1. The van der Waals surface area contributed by atoms with Crippen molar-refractivity contribution in [3.8, 4) is 5.75 Å². The second-order valence-corrected chi connectivity index (χ2v) is 10.1. The summed E-state index contributed by atoms with van der Waals surface area (Å²) < 4.78 is 6.06. The van der Waals surface area contributed by atoms with Crippen LogP contribution in [0.5, 0.6) is 5.75 Å². The molecule has 204 valence electrons. The number of carbonyl (C=O) groups excluding carboxylic acids is 3. The minimum Gasteiger partial charge on any atom is -0.492 e. The molecule has 8 heteroatoms. The number of nitrogens with one attached hydrogen (secondary N) is 3. The van der Waals surface area contributed by atoms with Crippen molar-refractivity contribution in [3.05, 3.63) is 65.7 Å². The lowest BCUT2D eigenvalue weighted by Gasteiger charge is -2.30. The zero-order valence-electron chi connectivity index (χ0n) is 22.3. The molecule has 0 radical (unpaired) electrons. The summed E-state index contributed by atoms with van der Waals surface area (Å²) in [7, 11) is 0. The summed E-state index contributed by atoms with van der Waals surface area (Å²) in [6.45, 7) is 4.05. The molecular formula is C30H40N4O4. The van der Waals surface area contributed by atoms with Gasteiger partial charge in [0.15, 0.2) is 0 Å². The molecule has 0 spiro atoms. The first kappa shape index (κ1) is 27.6. The van der Waals surface area contributed by atoms with E-state index in [1.807, 2.05) is 61.5 Å². The molecule has 2 aromatic carbocycles. The maximum Gasteiger partial charge on any atom is 0.243 e. The third-order valence-corrected chi connectivity index (χ3v) is 7.27. The molecule has 3 amide bonds. The molecule has 2 aliphatic rings. The minimum absolute atomic E-state index is 0.0601. The highest BCUT2D eigenvalue weighted by Gasteiger charge is 2.38. The number of benzene rings is 2. The molecule has 3 N–H and O–H groups in total. The van der Waals surface area contributed by atoms with Gasteiger partial charge in [-0.2, -0.15) is 0 Å².